The third-order valence-electron chi connectivity index (χ3n) is 16.1. The van der Waals surface area contributed by atoms with Crippen molar-refractivity contribution in [2.75, 3.05) is 6.61 Å². The molecular formula is C52H92O13. The summed E-state index contributed by atoms with van der Waals surface area (Å²) in [5.41, 5.74) is -9.98. The molecule has 0 aromatic rings. The SMILES string of the molecule is C.C.C.C.C.C.CCC(C)(CC(C)(CC(C)(C)C(=O)OC1CC(=O)OC1(C)C)C(=O)OC12CC3CC(CC(O)(C3)C1)C2)C(=O)OC12CC3CC(O)(C1)CC(C(=O)OC1CCCCO1)(C3)C2. The fourth-order valence-corrected chi connectivity index (χ4v) is 14.3. The lowest BCUT2D eigenvalue weighted by molar-refractivity contribution is -0.259. The molecule has 2 N–H and O–H groups in total. The summed E-state index contributed by atoms with van der Waals surface area (Å²) in [6, 6.07) is 0. The number of hydrogen-bond acceptors (Lipinski definition) is 13. The third-order valence-corrected chi connectivity index (χ3v) is 16.1. The summed E-state index contributed by atoms with van der Waals surface area (Å²) in [5, 5.41) is 23.5. The number of hydrogen-bond donors (Lipinski definition) is 2. The Bertz CT molecular complexity index is 1740. The Morgan fingerprint density at radius 3 is 1.78 bits per heavy atom. The first-order valence-corrected chi connectivity index (χ1v) is 22.5. The van der Waals surface area contributed by atoms with E-state index >= 15 is 4.79 Å². The van der Waals surface area contributed by atoms with Gasteiger partial charge in [0.15, 0.2) is 6.10 Å². The molecule has 10 fully saturated rings. The Labute approximate surface area is 392 Å². The second kappa shape index (κ2) is 19.3. The molecule has 2 aliphatic heterocycles. The molecule has 0 radical (unpaired) electrons. The molecule has 378 valence electrons. The minimum absolute atomic E-state index is 0. The Morgan fingerprint density at radius 1 is 0.677 bits per heavy atom. The van der Waals surface area contributed by atoms with E-state index in [9.17, 15) is 29.4 Å². The molecule has 0 aromatic heterocycles. The Balaban J connectivity index is 0.00000242. The maximum atomic E-state index is 15.0. The molecule has 8 bridgehead atoms. The van der Waals surface area contributed by atoms with Crippen molar-refractivity contribution in [2.45, 2.75) is 255 Å². The summed E-state index contributed by atoms with van der Waals surface area (Å²) in [6.45, 7) is 12.7. The van der Waals surface area contributed by atoms with Crippen LogP contribution in [-0.4, -0.2) is 87.1 Å². The molecule has 8 saturated carbocycles. The van der Waals surface area contributed by atoms with Crippen molar-refractivity contribution in [3.05, 3.63) is 0 Å². The van der Waals surface area contributed by atoms with Gasteiger partial charge in [-0.05, 0) is 149 Å². The van der Waals surface area contributed by atoms with Crippen molar-refractivity contribution >= 4 is 29.8 Å². The van der Waals surface area contributed by atoms with Gasteiger partial charge in [-0.3, -0.25) is 24.0 Å². The summed E-state index contributed by atoms with van der Waals surface area (Å²) in [7, 11) is 0. The van der Waals surface area contributed by atoms with E-state index in [1.807, 2.05) is 6.92 Å². The maximum absolute atomic E-state index is 15.0. The van der Waals surface area contributed by atoms with Crippen molar-refractivity contribution in [3.8, 4) is 0 Å². The largest absolute Gasteiger partial charge is 0.459 e. The second-order valence-corrected chi connectivity index (χ2v) is 22.9. The molecule has 8 aliphatic carbocycles. The van der Waals surface area contributed by atoms with Crippen LogP contribution in [0.1, 0.15) is 215 Å². The highest BCUT2D eigenvalue weighted by Crippen LogP contribution is 2.65. The first kappa shape index (κ1) is 58.4. The number of carbonyl (C=O) groups is 5. The van der Waals surface area contributed by atoms with Gasteiger partial charge in [-0.25, -0.2) is 0 Å². The number of ether oxygens (including phenoxy) is 6. The molecule has 65 heavy (non-hydrogen) atoms. The normalized spacial score (nSPS) is 38.4. The fourth-order valence-electron chi connectivity index (χ4n) is 14.3. The lowest BCUT2D eigenvalue weighted by atomic mass is 9.46. The molecule has 13 nitrogen and oxygen atoms in total. The van der Waals surface area contributed by atoms with Crippen molar-refractivity contribution in [3.63, 3.8) is 0 Å². The molecule has 10 rings (SSSR count). The van der Waals surface area contributed by atoms with Crippen LogP contribution in [0.4, 0.5) is 0 Å². The smallest absolute Gasteiger partial charge is 0.314 e. The van der Waals surface area contributed by atoms with Crippen molar-refractivity contribution in [1.29, 1.82) is 0 Å². The Kier molecular flexibility index (Phi) is 17.3. The van der Waals surface area contributed by atoms with E-state index in [1.165, 1.54) is 0 Å². The third kappa shape index (κ3) is 10.9. The van der Waals surface area contributed by atoms with Crippen LogP contribution in [0.3, 0.4) is 0 Å². The second-order valence-electron chi connectivity index (χ2n) is 22.9. The predicted molar refractivity (Wildman–Crippen MR) is 250 cm³/mol. The standard InChI is InChI=1S/C46H68O13.6CH4/c1-8-40(6,35(49)59-46-21-30-15-42(25-46,24-44(53,18-30)27-46)37(51)56-33-11-9-10-12-54-33)23-41(7,22-38(2,3)34(48)55-31-14-32(47)57-39(31,4)5)36(50)58-45-19-28-13-29(20-45)17-43(52,16-28)26-45;;;;;;/h28-31,33,52-53H,8-27H2,1-7H3;6*1H4. The van der Waals surface area contributed by atoms with Gasteiger partial charge in [0.25, 0.3) is 0 Å². The number of cyclic esters (lactones) is 1. The van der Waals surface area contributed by atoms with Gasteiger partial charge in [0.2, 0.25) is 6.29 Å². The number of rotatable bonds is 13. The summed E-state index contributed by atoms with van der Waals surface area (Å²) >= 11 is 0. The zero-order chi connectivity index (χ0) is 42.7. The van der Waals surface area contributed by atoms with Crippen molar-refractivity contribution < 1.29 is 62.6 Å². The molecule has 0 amide bonds. The van der Waals surface area contributed by atoms with Crippen LogP contribution in [0, 0.1) is 39.4 Å². The predicted octanol–water partition coefficient (Wildman–Crippen LogP) is 10.4. The Morgan fingerprint density at radius 2 is 1.25 bits per heavy atom. The van der Waals surface area contributed by atoms with Crippen LogP contribution >= 0.6 is 0 Å². The van der Waals surface area contributed by atoms with E-state index in [-0.39, 0.29) is 101 Å². The molecular weight excluding hydrogens is 833 g/mol. The van der Waals surface area contributed by atoms with Crippen LogP contribution in [0.5, 0.6) is 0 Å². The maximum Gasteiger partial charge on any atom is 0.314 e. The summed E-state index contributed by atoms with van der Waals surface area (Å²) in [4.78, 5) is 70.2. The van der Waals surface area contributed by atoms with Gasteiger partial charge in [-0.15, -0.1) is 0 Å². The lowest BCUT2D eigenvalue weighted by Crippen LogP contribution is -2.67. The van der Waals surface area contributed by atoms with E-state index < -0.39 is 91.9 Å². The van der Waals surface area contributed by atoms with Gasteiger partial charge in [-0.2, -0.15) is 0 Å². The van der Waals surface area contributed by atoms with E-state index in [1.54, 1.807) is 41.5 Å². The zero-order valence-electron chi connectivity index (χ0n) is 36.4. The molecule has 10 aliphatic rings. The number of aliphatic hydroxyl groups is 2. The fraction of sp³-hybridized carbons (Fsp3) is 0.904. The van der Waals surface area contributed by atoms with Crippen LogP contribution in [0.25, 0.3) is 0 Å². The van der Waals surface area contributed by atoms with E-state index in [2.05, 4.69) is 0 Å². The number of carbonyl (C=O) groups excluding carboxylic acids is 5. The minimum atomic E-state index is -1.42. The molecule has 0 aromatic carbocycles. The van der Waals surface area contributed by atoms with E-state index in [0.29, 0.717) is 70.8 Å². The first-order valence-electron chi connectivity index (χ1n) is 22.5. The van der Waals surface area contributed by atoms with Crippen LogP contribution in [-0.2, 0) is 52.4 Å². The van der Waals surface area contributed by atoms with Gasteiger partial charge in [0, 0.05) is 25.7 Å². The highest BCUT2D eigenvalue weighted by Gasteiger charge is 2.69. The van der Waals surface area contributed by atoms with E-state index in [0.717, 1.165) is 19.3 Å². The monoisotopic (exact) mass is 925 g/mol. The molecule has 10 unspecified atom stereocenters. The molecule has 10 atom stereocenters. The molecule has 2 heterocycles. The highest BCUT2D eigenvalue weighted by atomic mass is 16.7. The number of esters is 5. The lowest BCUT2D eigenvalue weighted by Gasteiger charge is -2.63. The quantitative estimate of drug-likeness (QED) is 0.132. The van der Waals surface area contributed by atoms with Crippen LogP contribution < -0.4 is 0 Å². The van der Waals surface area contributed by atoms with Gasteiger partial charge in [-0.1, -0.05) is 51.5 Å². The van der Waals surface area contributed by atoms with Gasteiger partial charge in [0.05, 0.1) is 45.9 Å². The van der Waals surface area contributed by atoms with Crippen molar-refractivity contribution in [2.24, 2.45) is 39.4 Å². The molecule has 13 heteroatoms. The summed E-state index contributed by atoms with van der Waals surface area (Å²) in [5.74, 6) is -2.05. The van der Waals surface area contributed by atoms with Gasteiger partial charge in [0.1, 0.15) is 16.8 Å². The molecule has 0 spiro atoms. The van der Waals surface area contributed by atoms with Gasteiger partial charge >= 0.3 is 29.8 Å². The highest BCUT2D eigenvalue weighted by molar-refractivity contribution is 5.84. The average Bonchev–Trinajstić information content (AvgIpc) is 3.35. The topological polar surface area (TPSA) is 181 Å². The first-order chi connectivity index (χ1) is 27.3. The zero-order valence-corrected chi connectivity index (χ0v) is 36.4. The average molecular weight is 925 g/mol. The summed E-state index contributed by atoms with van der Waals surface area (Å²) in [6.07, 6.45) is 7.56. The van der Waals surface area contributed by atoms with Crippen LogP contribution in [0.15, 0.2) is 0 Å². The minimum Gasteiger partial charge on any atom is -0.459 e. The van der Waals surface area contributed by atoms with Crippen LogP contribution in [0.2, 0.25) is 0 Å². The Hall–Kier alpha value is -2.77. The van der Waals surface area contributed by atoms with E-state index in [4.69, 9.17) is 28.4 Å². The summed E-state index contributed by atoms with van der Waals surface area (Å²) < 4.78 is 36.3. The van der Waals surface area contributed by atoms with Crippen molar-refractivity contribution in [1.82, 2.24) is 0 Å². The van der Waals surface area contributed by atoms with Gasteiger partial charge < -0.3 is 38.6 Å². The molecule has 2 saturated heterocycles.